The summed E-state index contributed by atoms with van der Waals surface area (Å²) < 4.78 is 11.9. The van der Waals surface area contributed by atoms with Crippen molar-refractivity contribution in [1.29, 1.82) is 0 Å². The van der Waals surface area contributed by atoms with Crippen LogP contribution in [0.4, 0.5) is 0 Å². The van der Waals surface area contributed by atoms with Crippen LogP contribution in [0.1, 0.15) is 34.9 Å². The van der Waals surface area contributed by atoms with Crippen LogP contribution >= 0.6 is 23.2 Å². The molecule has 124 valence electrons. The third-order valence-electron chi connectivity index (χ3n) is 3.42. The fourth-order valence-electron chi connectivity index (χ4n) is 2.22. The lowest BCUT2D eigenvalue weighted by atomic mass is 10.1. The summed E-state index contributed by atoms with van der Waals surface area (Å²) in [6.45, 7) is 3.72. The lowest BCUT2D eigenvalue weighted by Crippen LogP contribution is -2.15. The number of benzene rings is 1. The van der Waals surface area contributed by atoms with Gasteiger partial charge in [-0.05, 0) is 31.5 Å². The van der Waals surface area contributed by atoms with E-state index in [4.69, 9.17) is 32.4 Å². The molecule has 3 rings (SSSR count). The van der Waals surface area contributed by atoms with Crippen LogP contribution in [0.15, 0.2) is 41.1 Å². The Bertz CT molecular complexity index is 875. The van der Waals surface area contributed by atoms with Gasteiger partial charge in [-0.1, -0.05) is 29.3 Å². The highest BCUT2D eigenvalue weighted by Crippen LogP contribution is 2.29. The van der Waals surface area contributed by atoms with Crippen LogP contribution in [0.25, 0.3) is 0 Å². The van der Waals surface area contributed by atoms with Crippen molar-refractivity contribution < 1.29 is 13.9 Å². The summed E-state index contributed by atoms with van der Waals surface area (Å²) in [5.41, 5.74) is 1.58. The molecule has 0 fully saturated rings. The molecule has 2 aromatic heterocycles. The van der Waals surface area contributed by atoms with Crippen LogP contribution in [-0.2, 0) is 0 Å². The van der Waals surface area contributed by atoms with Gasteiger partial charge in [0.2, 0.25) is 5.88 Å². The molecule has 0 bridgehead atoms. The summed E-state index contributed by atoms with van der Waals surface area (Å²) in [6.07, 6.45) is 2.68. The van der Waals surface area contributed by atoms with Crippen molar-refractivity contribution in [3.05, 3.63) is 63.9 Å². The number of rotatable bonds is 4. The van der Waals surface area contributed by atoms with Crippen molar-refractivity contribution in [2.24, 2.45) is 0 Å². The number of esters is 1. The Morgan fingerprint density at radius 3 is 2.75 bits per heavy atom. The molecule has 6 nitrogen and oxygen atoms in total. The molecule has 0 amide bonds. The van der Waals surface area contributed by atoms with Crippen molar-refractivity contribution in [2.75, 3.05) is 0 Å². The number of halogens is 2. The second kappa shape index (κ2) is 6.67. The quantitative estimate of drug-likeness (QED) is 0.644. The summed E-state index contributed by atoms with van der Waals surface area (Å²) in [5, 5.41) is 5.31. The van der Waals surface area contributed by atoms with Crippen LogP contribution in [-0.4, -0.2) is 20.7 Å². The zero-order chi connectivity index (χ0) is 17.3. The van der Waals surface area contributed by atoms with E-state index in [0.717, 1.165) is 5.56 Å². The summed E-state index contributed by atoms with van der Waals surface area (Å²) in [6, 6.07) is 6.75. The van der Waals surface area contributed by atoms with Gasteiger partial charge in [-0.3, -0.25) is 0 Å². The second-order valence-electron chi connectivity index (χ2n) is 5.14. The average Bonchev–Trinajstić information content (AvgIpc) is 3.19. The smallest absolute Gasteiger partial charge is 0.401 e. The predicted molar refractivity (Wildman–Crippen MR) is 88.7 cm³/mol. The molecule has 3 aromatic rings. The number of hydrogen-bond acceptors (Lipinski definition) is 5. The normalized spacial score (nSPS) is 12.2. The first-order valence-corrected chi connectivity index (χ1v) is 7.84. The Morgan fingerprint density at radius 2 is 2.08 bits per heavy atom. The Balaban J connectivity index is 1.90. The van der Waals surface area contributed by atoms with Gasteiger partial charge in [0.25, 0.3) is 0 Å². The van der Waals surface area contributed by atoms with Gasteiger partial charge in [-0.25, -0.2) is 14.5 Å². The SMILES string of the molecule is Cc1cc(OC(=O)c2ncco2)n(C(C)c2ccc(Cl)c(Cl)c2)n1. The molecule has 0 aliphatic heterocycles. The Kier molecular flexibility index (Phi) is 4.59. The molecule has 1 atom stereocenters. The number of aromatic nitrogens is 3. The Labute approximate surface area is 148 Å². The topological polar surface area (TPSA) is 70.2 Å². The highest BCUT2D eigenvalue weighted by atomic mass is 35.5. The number of carbonyl (C=O) groups is 1. The van der Waals surface area contributed by atoms with E-state index in [1.807, 2.05) is 13.0 Å². The number of carbonyl (C=O) groups excluding carboxylic acids is 1. The second-order valence-corrected chi connectivity index (χ2v) is 5.96. The van der Waals surface area contributed by atoms with Crippen LogP contribution in [0.3, 0.4) is 0 Å². The Hall–Kier alpha value is -2.31. The summed E-state index contributed by atoms with van der Waals surface area (Å²) in [5.74, 6) is -0.528. The number of aryl methyl sites for hydroxylation is 1. The number of oxazole rings is 1. The molecule has 0 radical (unpaired) electrons. The molecule has 1 unspecified atom stereocenters. The first-order chi connectivity index (χ1) is 11.5. The van der Waals surface area contributed by atoms with Gasteiger partial charge in [0.05, 0.1) is 28.0 Å². The first-order valence-electron chi connectivity index (χ1n) is 7.08. The third-order valence-corrected chi connectivity index (χ3v) is 4.16. The standard InChI is InChI=1S/C16H13Cl2N3O3/c1-9-7-14(24-16(22)15-19-5-6-23-15)21(20-9)10(2)11-3-4-12(17)13(18)8-11/h3-8,10H,1-2H3. The molecule has 2 heterocycles. The average molecular weight is 366 g/mol. The molecule has 0 N–H and O–H groups in total. The van der Waals surface area contributed by atoms with Gasteiger partial charge in [0.1, 0.15) is 6.26 Å². The van der Waals surface area contributed by atoms with Crippen LogP contribution in [0, 0.1) is 6.92 Å². The summed E-state index contributed by atoms with van der Waals surface area (Å²) in [7, 11) is 0. The number of nitrogens with zero attached hydrogens (tertiary/aromatic N) is 3. The van der Waals surface area contributed by atoms with Crippen molar-refractivity contribution in [1.82, 2.24) is 14.8 Å². The van der Waals surface area contributed by atoms with E-state index in [-0.39, 0.29) is 17.8 Å². The molecule has 0 aliphatic carbocycles. The minimum Gasteiger partial charge on any atom is -0.440 e. The Morgan fingerprint density at radius 1 is 1.29 bits per heavy atom. The molecular formula is C16H13Cl2N3O3. The monoisotopic (exact) mass is 365 g/mol. The lowest BCUT2D eigenvalue weighted by Gasteiger charge is -2.16. The maximum absolute atomic E-state index is 12.0. The van der Waals surface area contributed by atoms with Gasteiger partial charge in [0, 0.05) is 6.07 Å². The molecule has 24 heavy (non-hydrogen) atoms. The predicted octanol–water partition coefficient (Wildman–Crippen LogP) is 4.31. The van der Waals surface area contributed by atoms with Gasteiger partial charge >= 0.3 is 11.9 Å². The molecule has 8 heteroatoms. The van der Waals surface area contributed by atoms with Crippen LogP contribution < -0.4 is 4.74 Å². The fraction of sp³-hybridized carbons (Fsp3) is 0.188. The van der Waals surface area contributed by atoms with Gasteiger partial charge in [-0.15, -0.1) is 0 Å². The minimum absolute atomic E-state index is 0.123. The van der Waals surface area contributed by atoms with E-state index in [1.165, 1.54) is 12.5 Å². The van der Waals surface area contributed by atoms with Crippen LogP contribution in [0.5, 0.6) is 5.88 Å². The zero-order valence-corrected chi connectivity index (χ0v) is 14.4. The maximum Gasteiger partial charge on any atom is 0.401 e. The molecule has 0 spiro atoms. The van der Waals surface area contributed by atoms with Gasteiger partial charge < -0.3 is 9.15 Å². The highest BCUT2D eigenvalue weighted by molar-refractivity contribution is 6.42. The highest BCUT2D eigenvalue weighted by Gasteiger charge is 2.21. The molecular weight excluding hydrogens is 353 g/mol. The number of hydrogen-bond donors (Lipinski definition) is 0. The maximum atomic E-state index is 12.0. The van der Waals surface area contributed by atoms with Crippen molar-refractivity contribution in [3.63, 3.8) is 0 Å². The van der Waals surface area contributed by atoms with E-state index >= 15 is 0 Å². The summed E-state index contributed by atoms with van der Waals surface area (Å²) >= 11 is 12.0. The van der Waals surface area contributed by atoms with E-state index in [2.05, 4.69) is 10.1 Å². The molecule has 0 aliphatic rings. The van der Waals surface area contributed by atoms with Crippen molar-refractivity contribution in [3.8, 4) is 5.88 Å². The first kappa shape index (κ1) is 16.5. The van der Waals surface area contributed by atoms with E-state index in [0.29, 0.717) is 15.7 Å². The fourth-order valence-corrected chi connectivity index (χ4v) is 2.53. The van der Waals surface area contributed by atoms with E-state index in [1.54, 1.807) is 29.8 Å². The van der Waals surface area contributed by atoms with E-state index < -0.39 is 5.97 Å². The van der Waals surface area contributed by atoms with E-state index in [9.17, 15) is 4.79 Å². The van der Waals surface area contributed by atoms with Gasteiger partial charge in [0.15, 0.2) is 0 Å². The van der Waals surface area contributed by atoms with Crippen molar-refractivity contribution >= 4 is 29.2 Å². The lowest BCUT2D eigenvalue weighted by molar-refractivity contribution is 0.0674. The minimum atomic E-state index is -0.692. The van der Waals surface area contributed by atoms with Gasteiger partial charge in [-0.2, -0.15) is 5.10 Å². The largest absolute Gasteiger partial charge is 0.440 e. The van der Waals surface area contributed by atoms with Crippen LogP contribution in [0.2, 0.25) is 10.0 Å². The molecule has 1 aromatic carbocycles. The summed E-state index contributed by atoms with van der Waals surface area (Å²) in [4.78, 5) is 15.8. The van der Waals surface area contributed by atoms with Crippen molar-refractivity contribution in [2.45, 2.75) is 19.9 Å². The number of ether oxygens (including phenoxy) is 1. The third kappa shape index (κ3) is 3.29. The molecule has 0 saturated heterocycles. The molecule has 0 saturated carbocycles. The zero-order valence-electron chi connectivity index (χ0n) is 12.9.